The molecule has 1 atom stereocenters. The molecule has 0 bridgehead atoms. The number of fused-ring (bicyclic) bond motifs is 1. The molecule has 0 radical (unpaired) electrons. The number of nitrogens with one attached hydrogen (secondary N) is 1. The van der Waals surface area contributed by atoms with E-state index >= 15 is 0 Å². The van der Waals surface area contributed by atoms with Gasteiger partial charge in [-0.25, -0.2) is 4.68 Å². The molecule has 4 rings (SSSR count). The zero-order valence-corrected chi connectivity index (χ0v) is 16.9. The second kappa shape index (κ2) is 9.55. The molecule has 156 valence electrons. The van der Waals surface area contributed by atoms with Crippen LogP contribution < -0.4 is 5.32 Å². The molecule has 0 aliphatic heterocycles. The summed E-state index contributed by atoms with van der Waals surface area (Å²) in [4.78, 5) is 12.4. The predicted molar refractivity (Wildman–Crippen MR) is 119 cm³/mol. The zero-order chi connectivity index (χ0) is 21.6. The number of carbonyl (C=O) groups excluding carboxylic acids is 1. The van der Waals surface area contributed by atoms with E-state index in [1.165, 1.54) is 0 Å². The van der Waals surface area contributed by atoms with Crippen LogP contribution in [0.2, 0.25) is 0 Å². The van der Waals surface area contributed by atoms with Gasteiger partial charge < -0.3 is 15.4 Å². The van der Waals surface area contributed by atoms with Crippen molar-refractivity contribution in [3.8, 4) is 5.69 Å². The van der Waals surface area contributed by atoms with Crippen molar-refractivity contribution < 1.29 is 14.8 Å². The third-order valence-corrected chi connectivity index (χ3v) is 5.15. The average molecular weight is 414 g/mol. The van der Waals surface area contributed by atoms with Crippen molar-refractivity contribution >= 4 is 23.8 Å². The summed E-state index contributed by atoms with van der Waals surface area (Å²) in [5, 5.41) is 32.6. The Morgan fingerprint density at radius 2 is 1.74 bits per heavy atom. The molecule has 7 nitrogen and oxygen atoms in total. The van der Waals surface area contributed by atoms with Gasteiger partial charge in [0.25, 0.3) is 0 Å². The first-order valence-corrected chi connectivity index (χ1v) is 10.2. The minimum absolute atomic E-state index is 0.175. The molecule has 0 fully saturated rings. The lowest BCUT2D eigenvalue weighted by atomic mass is 9.75. The van der Waals surface area contributed by atoms with Crippen LogP contribution in [-0.2, 0) is 17.6 Å². The highest BCUT2D eigenvalue weighted by Gasteiger charge is 2.25. The third kappa shape index (κ3) is 5.36. The van der Waals surface area contributed by atoms with Crippen LogP contribution in [0.1, 0.15) is 17.7 Å². The quantitative estimate of drug-likeness (QED) is 0.384. The Bertz CT molecular complexity index is 1160. The molecule has 1 heterocycles. The van der Waals surface area contributed by atoms with Crippen LogP contribution in [0.3, 0.4) is 0 Å². The van der Waals surface area contributed by atoms with Gasteiger partial charge in [0.15, 0.2) is 0 Å². The van der Waals surface area contributed by atoms with E-state index in [0.29, 0.717) is 18.5 Å². The fourth-order valence-electron chi connectivity index (χ4n) is 3.49. The Morgan fingerprint density at radius 1 is 1.00 bits per heavy atom. The van der Waals surface area contributed by atoms with E-state index in [1.54, 1.807) is 10.9 Å². The number of amides is 1. The van der Waals surface area contributed by atoms with E-state index in [0.717, 1.165) is 22.0 Å². The van der Waals surface area contributed by atoms with Gasteiger partial charge in [-0.3, -0.25) is 4.79 Å². The summed E-state index contributed by atoms with van der Waals surface area (Å²) in [5.74, 6) is -1.07. The molecule has 3 aromatic carbocycles. The monoisotopic (exact) mass is 414 g/mol. The third-order valence-electron chi connectivity index (χ3n) is 5.15. The predicted octanol–water partition coefficient (Wildman–Crippen LogP) is 2.09. The Hall–Kier alpha value is -3.49. The van der Waals surface area contributed by atoms with Crippen molar-refractivity contribution in [2.24, 2.45) is 0 Å². The largest absolute Gasteiger partial charge is 0.475 e. The zero-order valence-electron chi connectivity index (χ0n) is 16.9. The SMILES string of the molecule is O=C(CCc1cn(-c2ccccc2)nn1)NC(Cc1ccc2ccccc2c1)B(O)O. The molecule has 1 aromatic heterocycles. The lowest BCUT2D eigenvalue weighted by Gasteiger charge is -2.18. The number of aryl methyl sites for hydroxylation is 1. The smallest absolute Gasteiger partial charge is 0.426 e. The van der Waals surface area contributed by atoms with Gasteiger partial charge in [0.2, 0.25) is 5.91 Å². The molecule has 0 aliphatic carbocycles. The maximum Gasteiger partial charge on any atom is 0.475 e. The van der Waals surface area contributed by atoms with Crippen molar-refractivity contribution in [3.63, 3.8) is 0 Å². The number of hydrogen-bond acceptors (Lipinski definition) is 5. The molecule has 4 aromatic rings. The second-order valence-corrected chi connectivity index (χ2v) is 7.46. The summed E-state index contributed by atoms with van der Waals surface area (Å²) in [7, 11) is -1.66. The van der Waals surface area contributed by atoms with Gasteiger partial charge in [-0.2, -0.15) is 0 Å². The van der Waals surface area contributed by atoms with E-state index in [2.05, 4.69) is 15.6 Å². The minimum atomic E-state index is -1.66. The van der Waals surface area contributed by atoms with Gasteiger partial charge in [-0.05, 0) is 34.9 Å². The number of aromatic nitrogens is 3. The highest BCUT2D eigenvalue weighted by molar-refractivity contribution is 6.43. The molecule has 0 saturated heterocycles. The van der Waals surface area contributed by atoms with Gasteiger partial charge in [0.1, 0.15) is 0 Å². The highest BCUT2D eigenvalue weighted by Crippen LogP contribution is 2.17. The molecule has 0 spiro atoms. The van der Waals surface area contributed by atoms with E-state index in [9.17, 15) is 14.8 Å². The highest BCUT2D eigenvalue weighted by atomic mass is 16.4. The molecule has 1 unspecified atom stereocenters. The van der Waals surface area contributed by atoms with E-state index in [4.69, 9.17) is 0 Å². The maximum absolute atomic E-state index is 12.4. The van der Waals surface area contributed by atoms with Gasteiger partial charge in [-0.15, -0.1) is 5.10 Å². The topological polar surface area (TPSA) is 100 Å². The summed E-state index contributed by atoms with van der Waals surface area (Å²) in [6.07, 6.45) is 2.69. The molecular weight excluding hydrogens is 391 g/mol. The van der Waals surface area contributed by atoms with Crippen molar-refractivity contribution in [1.82, 2.24) is 20.3 Å². The normalized spacial score (nSPS) is 11.9. The average Bonchev–Trinajstić information content (AvgIpc) is 3.27. The summed E-state index contributed by atoms with van der Waals surface area (Å²) in [5.41, 5.74) is 2.50. The number of para-hydroxylation sites is 1. The summed E-state index contributed by atoms with van der Waals surface area (Å²) in [6.45, 7) is 0. The van der Waals surface area contributed by atoms with Crippen LogP contribution in [-0.4, -0.2) is 44.0 Å². The minimum Gasteiger partial charge on any atom is -0.426 e. The Kier molecular flexibility index (Phi) is 6.40. The Labute approximate surface area is 180 Å². The molecule has 0 saturated carbocycles. The first-order valence-electron chi connectivity index (χ1n) is 10.2. The number of nitrogens with zero attached hydrogens (tertiary/aromatic N) is 3. The second-order valence-electron chi connectivity index (χ2n) is 7.46. The summed E-state index contributed by atoms with van der Waals surface area (Å²) >= 11 is 0. The molecule has 3 N–H and O–H groups in total. The van der Waals surface area contributed by atoms with Crippen molar-refractivity contribution in [3.05, 3.63) is 90.3 Å². The molecule has 1 amide bonds. The summed E-state index contributed by atoms with van der Waals surface area (Å²) in [6, 6.07) is 23.5. The summed E-state index contributed by atoms with van der Waals surface area (Å²) < 4.78 is 1.66. The van der Waals surface area contributed by atoms with E-state index in [1.807, 2.05) is 72.8 Å². The van der Waals surface area contributed by atoms with Crippen LogP contribution in [0.15, 0.2) is 79.0 Å². The Morgan fingerprint density at radius 3 is 2.52 bits per heavy atom. The van der Waals surface area contributed by atoms with Gasteiger partial charge >= 0.3 is 7.12 Å². The first kappa shape index (κ1) is 20.8. The van der Waals surface area contributed by atoms with Crippen LogP contribution in [0.4, 0.5) is 0 Å². The van der Waals surface area contributed by atoms with Crippen molar-refractivity contribution in [1.29, 1.82) is 0 Å². The molecule has 31 heavy (non-hydrogen) atoms. The van der Waals surface area contributed by atoms with Crippen LogP contribution in [0, 0.1) is 0 Å². The Balaban J connectivity index is 1.35. The maximum atomic E-state index is 12.4. The van der Waals surface area contributed by atoms with Crippen LogP contribution in [0.25, 0.3) is 16.5 Å². The van der Waals surface area contributed by atoms with Gasteiger partial charge in [0, 0.05) is 12.8 Å². The number of hydrogen-bond donors (Lipinski definition) is 3. The number of benzene rings is 3. The number of carbonyl (C=O) groups is 1. The van der Waals surface area contributed by atoms with Crippen molar-refractivity contribution in [2.75, 3.05) is 0 Å². The lowest BCUT2D eigenvalue weighted by Crippen LogP contribution is -2.48. The molecule has 0 aliphatic rings. The lowest BCUT2D eigenvalue weighted by molar-refractivity contribution is -0.121. The van der Waals surface area contributed by atoms with Crippen LogP contribution >= 0.6 is 0 Å². The first-order chi connectivity index (χ1) is 15.1. The van der Waals surface area contributed by atoms with Gasteiger partial charge in [-0.1, -0.05) is 65.9 Å². The standard InChI is InChI=1S/C23H23BN4O3/c29-23(13-12-20-16-28(27-26-20)21-8-2-1-3-9-21)25-22(24(30)31)15-17-10-11-18-6-4-5-7-19(18)14-17/h1-11,14,16,22,30-31H,12-13,15H2,(H,25,29). The number of rotatable bonds is 8. The van der Waals surface area contributed by atoms with E-state index < -0.39 is 13.1 Å². The molecular formula is C23H23BN4O3. The van der Waals surface area contributed by atoms with E-state index in [-0.39, 0.29) is 12.3 Å². The van der Waals surface area contributed by atoms with Gasteiger partial charge in [0.05, 0.1) is 23.5 Å². The van der Waals surface area contributed by atoms with Crippen LogP contribution in [0.5, 0.6) is 0 Å². The molecule has 8 heteroatoms. The fraction of sp³-hybridized carbons (Fsp3) is 0.174. The fourth-order valence-corrected chi connectivity index (χ4v) is 3.49. The van der Waals surface area contributed by atoms with Crippen molar-refractivity contribution in [2.45, 2.75) is 25.2 Å².